The Balaban J connectivity index is 2.21. The van der Waals surface area contributed by atoms with Gasteiger partial charge in [-0.05, 0) is 30.2 Å². The molecular formula is C20H18Cl2N2O4. The summed E-state index contributed by atoms with van der Waals surface area (Å²) in [4.78, 5) is 30.9. The van der Waals surface area contributed by atoms with Crippen LogP contribution >= 0.6 is 23.2 Å². The van der Waals surface area contributed by atoms with Crippen LogP contribution < -0.4 is 4.74 Å². The summed E-state index contributed by atoms with van der Waals surface area (Å²) in [7, 11) is 1.42. The van der Waals surface area contributed by atoms with E-state index in [-0.39, 0.29) is 32.7 Å². The fourth-order valence-electron chi connectivity index (χ4n) is 3.28. The van der Waals surface area contributed by atoms with Gasteiger partial charge in [-0.1, -0.05) is 36.2 Å². The van der Waals surface area contributed by atoms with Gasteiger partial charge in [-0.15, -0.1) is 0 Å². The van der Waals surface area contributed by atoms with Crippen molar-refractivity contribution in [2.24, 2.45) is 0 Å². The SMILES string of the molecule is CCCN1C(=O)C(=O)/C(=C(/O)c2cc(Cl)c(OC)c(Cl)c2)C1c1cccnc1. The number of pyridine rings is 1. The quantitative estimate of drug-likeness (QED) is 0.444. The van der Waals surface area contributed by atoms with E-state index < -0.39 is 17.7 Å². The molecule has 6 nitrogen and oxygen atoms in total. The summed E-state index contributed by atoms with van der Waals surface area (Å²) >= 11 is 12.3. The van der Waals surface area contributed by atoms with E-state index in [0.29, 0.717) is 18.5 Å². The number of likely N-dealkylation sites (tertiary alicyclic amines) is 1. The topological polar surface area (TPSA) is 79.7 Å². The minimum atomic E-state index is -0.761. The minimum Gasteiger partial charge on any atom is -0.507 e. The molecule has 2 heterocycles. The third kappa shape index (κ3) is 3.45. The summed E-state index contributed by atoms with van der Waals surface area (Å²) < 4.78 is 5.11. The molecule has 28 heavy (non-hydrogen) atoms. The predicted molar refractivity (Wildman–Crippen MR) is 107 cm³/mol. The zero-order valence-corrected chi connectivity index (χ0v) is 16.8. The molecule has 1 amide bonds. The largest absolute Gasteiger partial charge is 0.507 e. The highest BCUT2D eigenvalue weighted by molar-refractivity contribution is 6.46. The lowest BCUT2D eigenvalue weighted by molar-refractivity contribution is -0.139. The van der Waals surface area contributed by atoms with Crippen molar-refractivity contribution in [2.75, 3.05) is 13.7 Å². The Kier molecular flexibility index (Phi) is 5.91. The molecule has 0 spiro atoms. The normalized spacial score (nSPS) is 18.6. The van der Waals surface area contributed by atoms with Gasteiger partial charge in [0.15, 0.2) is 5.75 Å². The van der Waals surface area contributed by atoms with Crippen molar-refractivity contribution < 1.29 is 19.4 Å². The van der Waals surface area contributed by atoms with Crippen LogP contribution in [0.5, 0.6) is 5.75 Å². The number of hydrogen-bond acceptors (Lipinski definition) is 5. The van der Waals surface area contributed by atoms with Crippen LogP contribution in [-0.4, -0.2) is 40.3 Å². The number of amides is 1. The molecule has 1 aromatic carbocycles. The maximum Gasteiger partial charge on any atom is 0.295 e. The number of nitrogens with zero attached hydrogens (tertiary/aromatic N) is 2. The third-order valence-electron chi connectivity index (χ3n) is 4.48. The highest BCUT2D eigenvalue weighted by Gasteiger charge is 2.45. The number of benzene rings is 1. The van der Waals surface area contributed by atoms with Gasteiger partial charge in [0.05, 0.1) is 28.8 Å². The van der Waals surface area contributed by atoms with Gasteiger partial charge in [0.2, 0.25) is 0 Å². The van der Waals surface area contributed by atoms with Crippen LogP contribution in [0.2, 0.25) is 10.0 Å². The molecule has 0 saturated carbocycles. The average Bonchev–Trinajstić information content (AvgIpc) is 2.93. The Morgan fingerprint density at radius 3 is 2.50 bits per heavy atom. The molecule has 1 fully saturated rings. The molecule has 0 aliphatic carbocycles. The van der Waals surface area contributed by atoms with Crippen molar-refractivity contribution in [2.45, 2.75) is 19.4 Å². The number of aliphatic hydroxyl groups is 1. The maximum atomic E-state index is 12.8. The Morgan fingerprint density at radius 2 is 1.96 bits per heavy atom. The zero-order chi connectivity index (χ0) is 20.4. The lowest BCUT2D eigenvalue weighted by atomic mass is 9.96. The van der Waals surface area contributed by atoms with E-state index in [4.69, 9.17) is 27.9 Å². The first kappa shape index (κ1) is 20.2. The Bertz CT molecular complexity index is 937. The summed E-state index contributed by atoms with van der Waals surface area (Å²) in [5, 5.41) is 11.3. The Labute approximate surface area is 172 Å². The van der Waals surface area contributed by atoms with Gasteiger partial charge in [-0.2, -0.15) is 0 Å². The fourth-order valence-corrected chi connectivity index (χ4v) is 3.92. The van der Waals surface area contributed by atoms with Gasteiger partial charge in [-0.3, -0.25) is 14.6 Å². The molecule has 8 heteroatoms. The van der Waals surface area contributed by atoms with Crippen LogP contribution in [0.3, 0.4) is 0 Å². The van der Waals surface area contributed by atoms with Crippen molar-refractivity contribution in [3.63, 3.8) is 0 Å². The van der Waals surface area contributed by atoms with Crippen molar-refractivity contribution in [3.05, 3.63) is 63.4 Å². The monoisotopic (exact) mass is 420 g/mol. The molecule has 1 aromatic heterocycles. The van der Waals surface area contributed by atoms with E-state index in [1.807, 2.05) is 6.92 Å². The van der Waals surface area contributed by atoms with E-state index in [2.05, 4.69) is 4.98 Å². The van der Waals surface area contributed by atoms with Gasteiger partial charge in [0, 0.05) is 24.5 Å². The zero-order valence-electron chi connectivity index (χ0n) is 15.3. The number of carbonyl (C=O) groups excluding carboxylic acids is 2. The molecule has 146 valence electrons. The minimum absolute atomic E-state index is 0.0243. The second kappa shape index (κ2) is 8.20. The number of aromatic nitrogens is 1. The molecule has 1 saturated heterocycles. The van der Waals surface area contributed by atoms with E-state index in [1.165, 1.54) is 24.1 Å². The summed E-state index contributed by atoms with van der Waals surface area (Å²) in [6.07, 6.45) is 3.82. The van der Waals surface area contributed by atoms with E-state index >= 15 is 0 Å². The molecule has 0 bridgehead atoms. The van der Waals surface area contributed by atoms with Crippen LogP contribution in [0.1, 0.15) is 30.5 Å². The van der Waals surface area contributed by atoms with Gasteiger partial charge < -0.3 is 14.7 Å². The number of rotatable bonds is 5. The number of halogens is 2. The second-order valence-electron chi connectivity index (χ2n) is 6.25. The highest BCUT2D eigenvalue weighted by Crippen LogP contribution is 2.41. The first-order valence-corrected chi connectivity index (χ1v) is 9.38. The number of methoxy groups -OCH3 is 1. The molecule has 1 aliphatic rings. The van der Waals surface area contributed by atoms with Gasteiger partial charge in [0.25, 0.3) is 11.7 Å². The van der Waals surface area contributed by atoms with Crippen LogP contribution in [0.4, 0.5) is 0 Å². The number of aliphatic hydroxyl groups excluding tert-OH is 1. The summed E-state index contributed by atoms with van der Waals surface area (Å²) in [6, 6.07) is 5.61. The van der Waals surface area contributed by atoms with Gasteiger partial charge >= 0.3 is 0 Å². The van der Waals surface area contributed by atoms with Gasteiger partial charge in [-0.25, -0.2) is 0 Å². The van der Waals surface area contributed by atoms with Crippen LogP contribution in [0.25, 0.3) is 5.76 Å². The van der Waals surface area contributed by atoms with Crippen molar-refractivity contribution >= 4 is 40.7 Å². The first-order valence-electron chi connectivity index (χ1n) is 8.62. The molecule has 1 atom stereocenters. The van der Waals surface area contributed by atoms with Crippen LogP contribution in [0, 0.1) is 0 Å². The number of ketones is 1. The smallest absolute Gasteiger partial charge is 0.295 e. The van der Waals surface area contributed by atoms with Crippen molar-refractivity contribution in [1.29, 1.82) is 0 Å². The first-order chi connectivity index (χ1) is 13.4. The molecule has 2 aromatic rings. The van der Waals surface area contributed by atoms with E-state index in [1.54, 1.807) is 24.5 Å². The third-order valence-corrected chi connectivity index (χ3v) is 5.04. The number of ether oxygens (including phenoxy) is 1. The molecule has 0 radical (unpaired) electrons. The molecule has 1 N–H and O–H groups in total. The molecule has 1 aliphatic heterocycles. The predicted octanol–water partition coefficient (Wildman–Crippen LogP) is 4.23. The summed E-state index contributed by atoms with van der Waals surface area (Å²) in [5.41, 5.74) is 0.824. The Morgan fingerprint density at radius 1 is 1.29 bits per heavy atom. The van der Waals surface area contributed by atoms with Crippen LogP contribution in [0.15, 0.2) is 42.2 Å². The lowest BCUT2D eigenvalue weighted by Crippen LogP contribution is -2.30. The standard InChI is InChI=1S/C20H18Cl2N2O4/c1-3-7-24-16(11-5-4-6-23-10-11)15(18(26)20(24)27)17(25)12-8-13(21)19(28-2)14(22)9-12/h4-6,8-10,16,25H,3,7H2,1-2H3/b17-15+. The van der Waals surface area contributed by atoms with Crippen LogP contribution in [-0.2, 0) is 9.59 Å². The number of hydrogen-bond donors (Lipinski definition) is 1. The maximum absolute atomic E-state index is 12.8. The second-order valence-corrected chi connectivity index (χ2v) is 7.07. The average molecular weight is 421 g/mol. The summed E-state index contributed by atoms with van der Waals surface area (Å²) in [5.74, 6) is -1.52. The van der Waals surface area contributed by atoms with Crippen molar-refractivity contribution in [3.8, 4) is 5.75 Å². The van der Waals surface area contributed by atoms with E-state index in [9.17, 15) is 14.7 Å². The summed E-state index contributed by atoms with van der Waals surface area (Å²) in [6.45, 7) is 2.27. The number of Topliss-reactive ketones (excluding diaryl/α,β-unsaturated/α-hetero) is 1. The number of carbonyl (C=O) groups is 2. The highest BCUT2D eigenvalue weighted by atomic mass is 35.5. The van der Waals surface area contributed by atoms with Gasteiger partial charge in [0.1, 0.15) is 5.76 Å². The fraction of sp³-hybridized carbons (Fsp3) is 0.250. The van der Waals surface area contributed by atoms with Crippen molar-refractivity contribution in [1.82, 2.24) is 9.88 Å². The lowest BCUT2D eigenvalue weighted by Gasteiger charge is -2.24. The Hall–Kier alpha value is -2.57. The molecule has 3 rings (SSSR count). The molecular weight excluding hydrogens is 403 g/mol. The molecule has 1 unspecified atom stereocenters. The van der Waals surface area contributed by atoms with E-state index in [0.717, 1.165) is 0 Å².